The van der Waals surface area contributed by atoms with Gasteiger partial charge in [0.05, 0.1) is 11.2 Å². The summed E-state index contributed by atoms with van der Waals surface area (Å²) in [6, 6.07) is 55.4. The molecule has 11 rings (SSSR count). The SMILES string of the molecule is Cc1cc2c3c(c1)N(c1ccc(C(C)(C)C)cc1-c1ccccc1)c1cc(C(C)(C)C)ccc1B3c1ccc(N3c4ccc(C(C)C)cc4C4(C)CCCCCCC34C)cc1N2c1ccc(C(C)(C)C)cc1. The van der Waals surface area contributed by atoms with Crippen LogP contribution >= 0.6 is 0 Å². The number of fused-ring (bicyclic) bond motifs is 7. The van der Waals surface area contributed by atoms with Crippen molar-refractivity contribution in [3.8, 4) is 11.1 Å². The van der Waals surface area contributed by atoms with Crippen molar-refractivity contribution in [2.45, 2.75) is 169 Å². The molecule has 368 valence electrons. The molecule has 3 nitrogen and oxygen atoms in total. The van der Waals surface area contributed by atoms with E-state index >= 15 is 0 Å². The smallest absolute Gasteiger partial charge is 0.252 e. The van der Waals surface area contributed by atoms with E-state index in [2.05, 4.69) is 251 Å². The van der Waals surface area contributed by atoms with Crippen LogP contribution in [0.4, 0.5) is 45.5 Å². The van der Waals surface area contributed by atoms with Crippen LogP contribution in [0.3, 0.4) is 0 Å². The van der Waals surface area contributed by atoms with Crippen molar-refractivity contribution in [3.05, 3.63) is 173 Å². The Labute approximate surface area is 433 Å². The lowest BCUT2D eigenvalue weighted by Gasteiger charge is -2.49. The summed E-state index contributed by atoms with van der Waals surface area (Å²) < 4.78 is 0. The number of hydrogen-bond donors (Lipinski definition) is 0. The van der Waals surface area contributed by atoms with Gasteiger partial charge in [-0.25, -0.2) is 0 Å². The zero-order valence-corrected chi connectivity index (χ0v) is 46.0. The first-order valence-electron chi connectivity index (χ1n) is 27.4. The molecular weight excluding hydrogens is 870 g/mol. The summed E-state index contributed by atoms with van der Waals surface area (Å²) in [4.78, 5) is 8.10. The molecule has 3 heterocycles. The molecule has 72 heavy (non-hydrogen) atoms. The van der Waals surface area contributed by atoms with E-state index < -0.39 is 0 Å². The quantitative estimate of drug-likeness (QED) is 0.159. The van der Waals surface area contributed by atoms with Gasteiger partial charge in [0, 0.05) is 50.8 Å². The molecule has 4 heteroatoms. The fourth-order valence-corrected chi connectivity index (χ4v) is 13.3. The summed E-state index contributed by atoms with van der Waals surface area (Å²) in [6.07, 6.45) is 7.51. The molecule has 2 unspecified atom stereocenters. The first-order valence-corrected chi connectivity index (χ1v) is 27.4. The predicted octanol–water partition coefficient (Wildman–Crippen LogP) is 17.3. The lowest BCUT2D eigenvalue weighted by atomic mass is 9.33. The second-order valence-corrected chi connectivity index (χ2v) is 26.0. The minimum Gasteiger partial charge on any atom is -0.334 e. The minimum atomic E-state index is -0.0879. The van der Waals surface area contributed by atoms with Gasteiger partial charge in [0.25, 0.3) is 6.71 Å². The van der Waals surface area contributed by atoms with Crippen molar-refractivity contribution in [3.63, 3.8) is 0 Å². The second kappa shape index (κ2) is 17.0. The Hall–Kier alpha value is -6.00. The third-order valence-electron chi connectivity index (χ3n) is 17.8. The van der Waals surface area contributed by atoms with E-state index in [-0.39, 0.29) is 33.9 Å². The van der Waals surface area contributed by atoms with Gasteiger partial charge in [-0.15, -0.1) is 0 Å². The van der Waals surface area contributed by atoms with Crippen LogP contribution in [0.25, 0.3) is 11.1 Å². The summed E-state index contributed by atoms with van der Waals surface area (Å²) >= 11 is 0. The Bertz CT molecular complexity index is 3230. The average molecular weight is 948 g/mol. The van der Waals surface area contributed by atoms with E-state index in [1.165, 1.54) is 145 Å². The van der Waals surface area contributed by atoms with Gasteiger partial charge in [0.15, 0.2) is 0 Å². The molecule has 0 radical (unpaired) electrons. The number of nitrogens with zero attached hydrogens (tertiary/aromatic N) is 3. The highest BCUT2D eigenvalue weighted by atomic mass is 15.3. The van der Waals surface area contributed by atoms with Crippen LogP contribution in [-0.4, -0.2) is 12.3 Å². The van der Waals surface area contributed by atoms with Crippen LogP contribution in [0.15, 0.2) is 140 Å². The molecule has 0 aromatic heterocycles. The van der Waals surface area contributed by atoms with E-state index in [1.54, 1.807) is 0 Å². The maximum Gasteiger partial charge on any atom is 0.252 e. The highest BCUT2D eigenvalue weighted by Gasteiger charge is 2.57. The van der Waals surface area contributed by atoms with Crippen molar-refractivity contribution in [2.75, 3.05) is 14.7 Å². The molecule has 7 aromatic rings. The Kier molecular flexibility index (Phi) is 11.4. The van der Waals surface area contributed by atoms with Crippen molar-refractivity contribution in [2.24, 2.45) is 0 Å². The Balaban J connectivity index is 1.20. The molecule has 1 saturated carbocycles. The minimum absolute atomic E-state index is 0.0137. The average Bonchev–Trinajstić information content (AvgIpc) is 3.51. The third-order valence-corrected chi connectivity index (χ3v) is 17.8. The Morgan fingerprint density at radius 2 is 1.04 bits per heavy atom. The molecule has 0 amide bonds. The van der Waals surface area contributed by atoms with Gasteiger partial charge in [-0.2, -0.15) is 0 Å². The zero-order valence-electron chi connectivity index (χ0n) is 46.0. The highest BCUT2D eigenvalue weighted by molar-refractivity contribution is 7.00. The van der Waals surface area contributed by atoms with Gasteiger partial charge < -0.3 is 14.7 Å². The molecule has 0 spiro atoms. The normalized spacial score (nSPS) is 19.6. The molecule has 0 N–H and O–H groups in total. The lowest BCUT2D eigenvalue weighted by Crippen LogP contribution is -2.61. The fraction of sp³-hybridized carbons (Fsp3) is 0.382. The third kappa shape index (κ3) is 7.67. The maximum atomic E-state index is 2.81. The number of aryl methyl sites for hydroxylation is 1. The Morgan fingerprint density at radius 1 is 0.486 bits per heavy atom. The monoisotopic (exact) mass is 948 g/mol. The largest absolute Gasteiger partial charge is 0.334 e. The van der Waals surface area contributed by atoms with Gasteiger partial charge in [0.1, 0.15) is 0 Å². The molecule has 1 fully saturated rings. The molecule has 2 atom stereocenters. The van der Waals surface area contributed by atoms with E-state index in [0.717, 1.165) is 0 Å². The van der Waals surface area contributed by atoms with Crippen LogP contribution in [0.5, 0.6) is 0 Å². The molecule has 0 bridgehead atoms. The van der Waals surface area contributed by atoms with E-state index in [1.807, 2.05) is 0 Å². The number of hydrogen-bond acceptors (Lipinski definition) is 3. The molecule has 0 saturated heterocycles. The predicted molar refractivity (Wildman–Crippen MR) is 313 cm³/mol. The summed E-state index contributed by atoms with van der Waals surface area (Å²) in [6.45, 7) is 33.3. The van der Waals surface area contributed by atoms with Gasteiger partial charge in [-0.3, -0.25) is 0 Å². The summed E-state index contributed by atoms with van der Waals surface area (Å²) in [5.41, 5.74) is 24.8. The maximum absolute atomic E-state index is 2.81. The van der Waals surface area contributed by atoms with Gasteiger partial charge in [-0.05, 0) is 165 Å². The van der Waals surface area contributed by atoms with Crippen LogP contribution in [0.1, 0.15) is 168 Å². The fourth-order valence-electron chi connectivity index (χ4n) is 13.3. The van der Waals surface area contributed by atoms with Crippen LogP contribution < -0.4 is 31.1 Å². The number of rotatable bonds is 5. The van der Waals surface area contributed by atoms with E-state index in [4.69, 9.17) is 0 Å². The lowest BCUT2D eigenvalue weighted by molar-refractivity contribution is 0.217. The van der Waals surface area contributed by atoms with E-state index in [0.29, 0.717) is 5.92 Å². The van der Waals surface area contributed by atoms with Crippen LogP contribution in [0.2, 0.25) is 0 Å². The molecular formula is C68H78BN3. The van der Waals surface area contributed by atoms with Crippen LogP contribution in [0, 0.1) is 6.92 Å². The first kappa shape index (κ1) is 48.3. The van der Waals surface area contributed by atoms with Gasteiger partial charge in [0.2, 0.25) is 0 Å². The molecule has 1 aliphatic carbocycles. The van der Waals surface area contributed by atoms with Gasteiger partial charge in [-0.1, -0.05) is 188 Å². The number of benzene rings is 7. The van der Waals surface area contributed by atoms with Crippen molar-refractivity contribution < 1.29 is 0 Å². The standard InChI is InChI=1S/C68H78BN3/c1-44(2)47-24-34-58-54(40-47)67(13)36-20-15-16-21-37-68(67,14)72(58)52-31-33-56-60(43-52)70(51-29-25-48(26-30-51)64(4,5)6)61-38-45(3)39-62-63(61)69(56)55-32-27-50(66(10,11)12)42-59(55)71(62)57-35-28-49(65(7,8)9)41-53(57)46-22-18-17-19-23-46/h17-19,22-35,38-44H,15-16,20-21,36-37H2,1-14H3. The molecule has 7 aromatic carbocycles. The second-order valence-electron chi connectivity index (χ2n) is 26.0. The van der Waals surface area contributed by atoms with Crippen molar-refractivity contribution in [1.29, 1.82) is 0 Å². The Morgan fingerprint density at radius 3 is 1.69 bits per heavy atom. The topological polar surface area (TPSA) is 9.72 Å². The summed E-state index contributed by atoms with van der Waals surface area (Å²) in [5.74, 6) is 0.477. The highest BCUT2D eigenvalue weighted by Crippen LogP contribution is 2.60. The number of anilines is 8. The summed E-state index contributed by atoms with van der Waals surface area (Å²) in [7, 11) is 0. The van der Waals surface area contributed by atoms with Crippen molar-refractivity contribution in [1.82, 2.24) is 0 Å². The molecule has 3 aliphatic heterocycles. The zero-order chi connectivity index (χ0) is 50.9. The van der Waals surface area contributed by atoms with Gasteiger partial charge >= 0.3 is 0 Å². The molecule has 4 aliphatic rings. The van der Waals surface area contributed by atoms with Crippen molar-refractivity contribution >= 4 is 68.6 Å². The van der Waals surface area contributed by atoms with Crippen LogP contribution in [-0.2, 0) is 21.7 Å². The van der Waals surface area contributed by atoms with E-state index in [9.17, 15) is 0 Å². The first-order chi connectivity index (χ1) is 34.1. The summed E-state index contributed by atoms with van der Waals surface area (Å²) in [5, 5.41) is 0.